The first-order valence-corrected chi connectivity index (χ1v) is 5.86. The molecule has 1 atom stereocenters. The number of hydrogen-bond acceptors (Lipinski definition) is 2. The topological polar surface area (TPSA) is 29.5 Å². The van der Waals surface area contributed by atoms with Crippen molar-refractivity contribution < 1.29 is 18.6 Å². The van der Waals surface area contributed by atoms with Crippen molar-refractivity contribution in [3.8, 4) is 5.75 Å². The van der Waals surface area contributed by atoms with E-state index in [1.807, 2.05) is 0 Å². The quantitative estimate of drug-likeness (QED) is 0.918. The SMILES string of the molecule is COc1ccc(F)cc1C(O)Cc1ccc(F)cc1. The monoisotopic (exact) mass is 264 g/mol. The molecule has 0 heterocycles. The Morgan fingerprint density at radius 2 is 1.68 bits per heavy atom. The third-order valence-electron chi connectivity index (χ3n) is 2.89. The van der Waals surface area contributed by atoms with Gasteiger partial charge in [0.05, 0.1) is 13.2 Å². The van der Waals surface area contributed by atoms with Gasteiger partial charge in [-0.05, 0) is 35.9 Å². The van der Waals surface area contributed by atoms with E-state index in [4.69, 9.17) is 4.74 Å². The van der Waals surface area contributed by atoms with E-state index in [1.165, 1.54) is 37.4 Å². The van der Waals surface area contributed by atoms with Crippen LogP contribution in [0, 0.1) is 11.6 Å². The highest BCUT2D eigenvalue weighted by molar-refractivity contribution is 5.36. The summed E-state index contributed by atoms with van der Waals surface area (Å²) in [5, 5.41) is 10.1. The molecule has 0 radical (unpaired) electrons. The van der Waals surface area contributed by atoms with E-state index < -0.39 is 11.9 Å². The molecule has 100 valence electrons. The Kier molecular flexibility index (Phi) is 4.12. The van der Waals surface area contributed by atoms with Gasteiger partial charge in [-0.2, -0.15) is 0 Å². The lowest BCUT2D eigenvalue weighted by atomic mass is 10.0. The van der Waals surface area contributed by atoms with Gasteiger partial charge < -0.3 is 9.84 Å². The average molecular weight is 264 g/mol. The number of aliphatic hydroxyl groups excluding tert-OH is 1. The van der Waals surface area contributed by atoms with Crippen LogP contribution in [0.15, 0.2) is 42.5 Å². The van der Waals surface area contributed by atoms with Crippen molar-refractivity contribution in [1.29, 1.82) is 0 Å². The third-order valence-corrected chi connectivity index (χ3v) is 2.89. The molecule has 0 aromatic heterocycles. The van der Waals surface area contributed by atoms with Gasteiger partial charge in [0.15, 0.2) is 0 Å². The predicted octanol–water partition coefficient (Wildman–Crippen LogP) is 3.25. The van der Waals surface area contributed by atoms with Crippen molar-refractivity contribution in [2.24, 2.45) is 0 Å². The Hall–Kier alpha value is -1.94. The van der Waals surface area contributed by atoms with Gasteiger partial charge in [0.2, 0.25) is 0 Å². The van der Waals surface area contributed by atoms with Crippen LogP contribution in [-0.2, 0) is 6.42 Å². The molecular weight excluding hydrogens is 250 g/mol. The number of ether oxygens (including phenoxy) is 1. The molecule has 0 fully saturated rings. The summed E-state index contributed by atoms with van der Waals surface area (Å²) >= 11 is 0. The molecule has 4 heteroatoms. The van der Waals surface area contributed by atoms with E-state index >= 15 is 0 Å². The minimum Gasteiger partial charge on any atom is -0.496 e. The summed E-state index contributed by atoms with van der Waals surface area (Å²) in [7, 11) is 1.46. The zero-order valence-corrected chi connectivity index (χ0v) is 10.4. The fourth-order valence-corrected chi connectivity index (χ4v) is 1.92. The molecule has 0 saturated carbocycles. The van der Waals surface area contributed by atoms with Crippen molar-refractivity contribution >= 4 is 0 Å². The molecule has 1 N–H and O–H groups in total. The van der Waals surface area contributed by atoms with Crippen LogP contribution in [0.2, 0.25) is 0 Å². The number of rotatable bonds is 4. The normalized spacial score (nSPS) is 12.2. The van der Waals surface area contributed by atoms with Crippen LogP contribution in [0.1, 0.15) is 17.2 Å². The molecule has 2 rings (SSSR count). The summed E-state index contributed by atoms with van der Waals surface area (Å²) in [6, 6.07) is 9.81. The molecule has 2 aromatic carbocycles. The molecule has 0 spiro atoms. The van der Waals surface area contributed by atoms with Crippen molar-refractivity contribution in [1.82, 2.24) is 0 Å². The van der Waals surface area contributed by atoms with Gasteiger partial charge in [-0.1, -0.05) is 12.1 Å². The van der Waals surface area contributed by atoms with Crippen LogP contribution < -0.4 is 4.74 Å². The van der Waals surface area contributed by atoms with Gasteiger partial charge >= 0.3 is 0 Å². The van der Waals surface area contributed by atoms with E-state index in [2.05, 4.69) is 0 Å². The van der Waals surface area contributed by atoms with Crippen LogP contribution >= 0.6 is 0 Å². The van der Waals surface area contributed by atoms with Gasteiger partial charge in [-0.25, -0.2) is 8.78 Å². The number of benzene rings is 2. The third kappa shape index (κ3) is 3.29. The molecule has 0 aliphatic rings. The Morgan fingerprint density at radius 1 is 1.05 bits per heavy atom. The molecular formula is C15H14F2O2. The lowest BCUT2D eigenvalue weighted by molar-refractivity contribution is 0.173. The second kappa shape index (κ2) is 5.80. The van der Waals surface area contributed by atoms with Crippen molar-refractivity contribution in [2.45, 2.75) is 12.5 Å². The second-order valence-electron chi connectivity index (χ2n) is 4.23. The number of aliphatic hydroxyl groups is 1. The van der Waals surface area contributed by atoms with E-state index in [0.29, 0.717) is 11.3 Å². The maximum atomic E-state index is 13.2. The Bertz CT molecular complexity index is 553. The van der Waals surface area contributed by atoms with Crippen molar-refractivity contribution in [2.75, 3.05) is 7.11 Å². The van der Waals surface area contributed by atoms with Gasteiger partial charge in [-0.15, -0.1) is 0 Å². The summed E-state index contributed by atoms with van der Waals surface area (Å²) in [4.78, 5) is 0. The second-order valence-corrected chi connectivity index (χ2v) is 4.23. The summed E-state index contributed by atoms with van der Waals surface area (Å²) in [5.41, 5.74) is 1.15. The Balaban J connectivity index is 2.21. The predicted molar refractivity (Wildman–Crippen MR) is 68.0 cm³/mol. The van der Waals surface area contributed by atoms with Gasteiger partial charge in [0.1, 0.15) is 17.4 Å². The van der Waals surface area contributed by atoms with E-state index in [1.54, 1.807) is 12.1 Å². The maximum absolute atomic E-state index is 13.2. The summed E-state index contributed by atoms with van der Waals surface area (Å²) < 4.78 is 31.1. The fourth-order valence-electron chi connectivity index (χ4n) is 1.92. The van der Waals surface area contributed by atoms with Crippen LogP contribution in [0.5, 0.6) is 5.75 Å². The van der Waals surface area contributed by atoms with Crippen molar-refractivity contribution in [3.63, 3.8) is 0 Å². The van der Waals surface area contributed by atoms with Crippen LogP contribution in [0.25, 0.3) is 0 Å². The smallest absolute Gasteiger partial charge is 0.124 e. The highest BCUT2D eigenvalue weighted by atomic mass is 19.1. The molecule has 1 unspecified atom stereocenters. The standard InChI is InChI=1S/C15H14F2O2/c1-19-15-7-6-12(17)9-13(15)14(18)8-10-2-4-11(16)5-3-10/h2-7,9,14,18H,8H2,1H3. The molecule has 0 saturated heterocycles. The molecule has 0 amide bonds. The lowest BCUT2D eigenvalue weighted by Crippen LogP contribution is -2.04. The highest BCUT2D eigenvalue weighted by Crippen LogP contribution is 2.28. The van der Waals surface area contributed by atoms with E-state index in [0.717, 1.165) is 5.56 Å². The Labute approximate surface area is 110 Å². The first-order valence-electron chi connectivity index (χ1n) is 5.86. The number of hydrogen-bond donors (Lipinski definition) is 1. The number of halogens is 2. The largest absolute Gasteiger partial charge is 0.496 e. The van der Waals surface area contributed by atoms with Crippen LogP contribution in [0.3, 0.4) is 0 Å². The van der Waals surface area contributed by atoms with Crippen LogP contribution in [0.4, 0.5) is 8.78 Å². The summed E-state index contributed by atoms with van der Waals surface area (Å²) in [6.07, 6.45) is -0.642. The molecule has 19 heavy (non-hydrogen) atoms. The molecule has 0 aliphatic carbocycles. The van der Waals surface area contributed by atoms with Gasteiger partial charge in [-0.3, -0.25) is 0 Å². The maximum Gasteiger partial charge on any atom is 0.124 e. The summed E-state index contributed by atoms with van der Waals surface area (Å²) in [5.74, 6) is -0.341. The van der Waals surface area contributed by atoms with E-state index in [-0.39, 0.29) is 12.2 Å². The Morgan fingerprint density at radius 3 is 2.32 bits per heavy atom. The zero-order chi connectivity index (χ0) is 13.8. The molecule has 0 aliphatic heterocycles. The van der Waals surface area contributed by atoms with E-state index in [9.17, 15) is 13.9 Å². The molecule has 0 bridgehead atoms. The van der Waals surface area contributed by atoms with Crippen molar-refractivity contribution in [3.05, 3.63) is 65.2 Å². The minimum absolute atomic E-state index is 0.264. The highest BCUT2D eigenvalue weighted by Gasteiger charge is 2.15. The zero-order valence-electron chi connectivity index (χ0n) is 10.4. The first kappa shape index (κ1) is 13.5. The summed E-state index contributed by atoms with van der Waals surface area (Å²) in [6.45, 7) is 0. The van der Waals surface area contributed by atoms with Gasteiger partial charge in [0, 0.05) is 12.0 Å². The molecule has 2 nitrogen and oxygen atoms in total. The average Bonchev–Trinajstić information content (AvgIpc) is 2.41. The van der Waals surface area contributed by atoms with Crippen LogP contribution in [-0.4, -0.2) is 12.2 Å². The first-order chi connectivity index (χ1) is 9.10. The number of methoxy groups -OCH3 is 1. The molecule has 2 aromatic rings. The lowest BCUT2D eigenvalue weighted by Gasteiger charge is -2.15. The fraction of sp³-hybridized carbons (Fsp3) is 0.200. The van der Waals surface area contributed by atoms with Gasteiger partial charge in [0.25, 0.3) is 0 Å². The minimum atomic E-state index is -0.906.